The van der Waals surface area contributed by atoms with Gasteiger partial charge >= 0.3 is 13.1 Å². The second kappa shape index (κ2) is 6.44. The van der Waals surface area contributed by atoms with Crippen molar-refractivity contribution in [3.63, 3.8) is 0 Å². The molecule has 0 amide bonds. The van der Waals surface area contributed by atoms with Crippen LogP contribution in [-0.4, -0.2) is 30.9 Å². The summed E-state index contributed by atoms with van der Waals surface area (Å²) in [6, 6.07) is 6.46. The average Bonchev–Trinajstić information content (AvgIpc) is 3.30. The number of carbonyl (C=O) groups excluding carboxylic acids is 1. The Morgan fingerprint density at radius 3 is 2.40 bits per heavy atom. The molecule has 0 spiro atoms. The van der Waals surface area contributed by atoms with Gasteiger partial charge in [-0.2, -0.15) is 0 Å². The van der Waals surface area contributed by atoms with E-state index in [1.807, 2.05) is 6.92 Å². The van der Waals surface area contributed by atoms with Crippen molar-refractivity contribution in [1.29, 1.82) is 0 Å². The lowest BCUT2D eigenvalue weighted by atomic mass is 9.74. The third-order valence-electron chi connectivity index (χ3n) is 5.87. The van der Waals surface area contributed by atoms with Crippen molar-refractivity contribution in [2.75, 3.05) is 6.61 Å². The molecule has 0 aromatic heterocycles. The Balaban J connectivity index is 1.84. The fourth-order valence-corrected chi connectivity index (χ4v) is 3.43. The molecule has 1 aromatic carbocycles. The van der Waals surface area contributed by atoms with Crippen molar-refractivity contribution < 1.29 is 18.8 Å². The third-order valence-corrected chi connectivity index (χ3v) is 5.87. The van der Waals surface area contributed by atoms with Crippen molar-refractivity contribution in [3.8, 4) is 0 Å². The molecule has 3 rings (SSSR count). The Morgan fingerprint density at radius 2 is 1.84 bits per heavy atom. The molecule has 0 unspecified atom stereocenters. The number of esters is 1. The Labute approximate surface area is 151 Å². The molecule has 136 valence electrons. The maximum Gasteiger partial charge on any atom is 0.495 e. The van der Waals surface area contributed by atoms with E-state index in [4.69, 9.17) is 14.0 Å². The second-order valence-electron chi connectivity index (χ2n) is 8.10. The maximum atomic E-state index is 12.0. The highest BCUT2D eigenvalue weighted by Crippen LogP contribution is 2.48. The molecule has 25 heavy (non-hydrogen) atoms. The third kappa shape index (κ3) is 3.36. The highest BCUT2D eigenvalue weighted by atomic mass is 16.7. The Kier molecular flexibility index (Phi) is 4.76. The predicted molar refractivity (Wildman–Crippen MR) is 99.0 cm³/mol. The van der Waals surface area contributed by atoms with E-state index in [2.05, 4.69) is 52.8 Å². The molecular weight excluding hydrogens is 315 g/mol. The monoisotopic (exact) mass is 344 g/mol. The van der Waals surface area contributed by atoms with E-state index in [-0.39, 0.29) is 36.1 Å². The first-order valence-corrected chi connectivity index (χ1v) is 9.35. The van der Waals surface area contributed by atoms with Crippen LogP contribution in [0, 0.1) is 5.92 Å². The van der Waals surface area contributed by atoms with Crippen LogP contribution in [0.2, 0.25) is 0 Å². The summed E-state index contributed by atoms with van der Waals surface area (Å²) in [6.07, 6.45) is 1.79. The molecule has 0 bridgehead atoms. The number of hydrogen-bond donors (Lipinski definition) is 0. The molecule has 1 heterocycles. The minimum absolute atomic E-state index is 0.00132. The summed E-state index contributed by atoms with van der Waals surface area (Å²) < 4.78 is 17.7. The van der Waals surface area contributed by atoms with E-state index in [0.29, 0.717) is 6.61 Å². The van der Waals surface area contributed by atoms with Gasteiger partial charge < -0.3 is 14.0 Å². The molecule has 5 heteroatoms. The van der Waals surface area contributed by atoms with Gasteiger partial charge in [0.05, 0.1) is 23.7 Å². The SMILES string of the molecule is CCOC(=O)[C@@H]1C[C@H]1c1ccc(CC)c(B2OC(C)(C)C(C)(C)O2)c1. The maximum absolute atomic E-state index is 12.0. The first kappa shape index (κ1) is 18.5. The quantitative estimate of drug-likeness (QED) is 0.608. The average molecular weight is 344 g/mol. The highest BCUT2D eigenvalue weighted by molar-refractivity contribution is 6.62. The lowest BCUT2D eigenvalue weighted by Gasteiger charge is -2.32. The van der Waals surface area contributed by atoms with Gasteiger partial charge in [0.15, 0.2) is 0 Å². The molecule has 1 aliphatic heterocycles. The summed E-state index contributed by atoms with van der Waals surface area (Å²) in [7, 11) is -0.361. The van der Waals surface area contributed by atoms with Gasteiger partial charge in [-0.25, -0.2) is 0 Å². The zero-order valence-corrected chi connectivity index (χ0v) is 16.2. The molecule has 1 aromatic rings. The molecule has 4 nitrogen and oxygen atoms in total. The normalized spacial score (nSPS) is 26.6. The summed E-state index contributed by atoms with van der Waals surface area (Å²) in [6.45, 7) is 12.7. The Bertz CT molecular complexity index is 652. The van der Waals surface area contributed by atoms with E-state index in [0.717, 1.165) is 18.3 Å². The van der Waals surface area contributed by atoms with Crippen molar-refractivity contribution in [2.24, 2.45) is 5.92 Å². The predicted octanol–water partition coefficient (Wildman–Crippen LogP) is 3.21. The minimum Gasteiger partial charge on any atom is -0.466 e. The van der Waals surface area contributed by atoms with Gasteiger partial charge in [0.1, 0.15) is 0 Å². The first-order valence-electron chi connectivity index (χ1n) is 9.35. The van der Waals surface area contributed by atoms with E-state index < -0.39 is 0 Å². The number of aryl methyl sites for hydroxylation is 1. The van der Waals surface area contributed by atoms with Crippen LogP contribution in [0.1, 0.15) is 65.0 Å². The van der Waals surface area contributed by atoms with Crippen LogP contribution < -0.4 is 5.46 Å². The van der Waals surface area contributed by atoms with E-state index in [1.165, 1.54) is 11.1 Å². The molecule has 0 radical (unpaired) electrons. The second-order valence-corrected chi connectivity index (χ2v) is 8.10. The van der Waals surface area contributed by atoms with Gasteiger partial charge in [-0.3, -0.25) is 4.79 Å². The Morgan fingerprint density at radius 1 is 1.20 bits per heavy atom. The lowest BCUT2D eigenvalue weighted by molar-refractivity contribution is -0.144. The Hall–Kier alpha value is -1.33. The zero-order valence-electron chi connectivity index (χ0n) is 16.2. The topological polar surface area (TPSA) is 44.8 Å². The fourth-order valence-electron chi connectivity index (χ4n) is 3.43. The summed E-state index contributed by atoms with van der Waals surface area (Å²) in [4.78, 5) is 12.0. The molecule has 2 atom stereocenters. The van der Waals surface area contributed by atoms with E-state index >= 15 is 0 Å². The van der Waals surface area contributed by atoms with Gasteiger partial charge in [0.25, 0.3) is 0 Å². The fraction of sp³-hybridized carbons (Fsp3) is 0.650. The van der Waals surface area contributed by atoms with Gasteiger partial charge in [0.2, 0.25) is 0 Å². The van der Waals surface area contributed by atoms with Gasteiger partial charge in [-0.1, -0.05) is 25.1 Å². The van der Waals surface area contributed by atoms with Crippen LogP contribution in [0.5, 0.6) is 0 Å². The largest absolute Gasteiger partial charge is 0.495 e. The van der Waals surface area contributed by atoms with Crippen LogP contribution in [0.15, 0.2) is 18.2 Å². The first-order chi connectivity index (χ1) is 11.7. The summed E-state index contributed by atoms with van der Waals surface area (Å²) in [5, 5.41) is 0. The van der Waals surface area contributed by atoms with E-state index in [1.54, 1.807) is 0 Å². The standard InChI is InChI=1S/C20H29BO4/c1-7-13-9-10-14(15-12-16(15)18(22)23-8-2)11-17(13)21-24-19(3,4)20(5,6)25-21/h9-11,15-16H,7-8,12H2,1-6H3/t15-,16+/m0/s1. The molecule has 2 fully saturated rings. The molecule has 2 aliphatic rings. The number of benzene rings is 1. The number of carbonyl (C=O) groups is 1. The van der Waals surface area contributed by atoms with Crippen molar-refractivity contribution in [2.45, 2.75) is 71.5 Å². The van der Waals surface area contributed by atoms with Crippen molar-refractivity contribution in [3.05, 3.63) is 29.3 Å². The van der Waals surface area contributed by atoms with Crippen molar-refractivity contribution in [1.82, 2.24) is 0 Å². The molecule has 0 N–H and O–H groups in total. The van der Waals surface area contributed by atoms with E-state index in [9.17, 15) is 4.79 Å². The molecule has 1 saturated heterocycles. The lowest BCUT2D eigenvalue weighted by Crippen LogP contribution is -2.41. The van der Waals surface area contributed by atoms with Crippen LogP contribution in [0.4, 0.5) is 0 Å². The molecule has 1 saturated carbocycles. The summed E-state index contributed by atoms with van der Waals surface area (Å²) in [5.74, 6) is 0.175. The smallest absolute Gasteiger partial charge is 0.466 e. The zero-order chi connectivity index (χ0) is 18.4. The minimum atomic E-state index is -0.361. The van der Waals surface area contributed by atoms with Crippen LogP contribution in [-0.2, 0) is 25.3 Å². The number of ether oxygens (including phenoxy) is 1. The van der Waals surface area contributed by atoms with Crippen LogP contribution in [0.25, 0.3) is 0 Å². The number of hydrogen-bond acceptors (Lipinski definition) is 4. The van der Waals surface area contributed by atoms with Crippen molar-refractivity contribution >= 4 is 18.6 Å². The number of rotatable bonds is 5. The van der Waals surface area contributed by atoms with Gasteiger partial charge in [-0.15, -0.1) is 0 Å². The van der Waals surface area contributed by atoms with Gasteiger partial charge in [0, 0.05) is 0 Å². The highest BCUT2D eigenvalue weighted by Gasteiger charge is 2.52. The van der Waals surface area contributed by atoms with Crippen LogP contribution in [0.3, 0.4) is 0 Å². The summed E-state index contributed by atoms with van der Waals surface area (Å²) >= 11 is 0. The summed E-state index contributed by atoms with van der Waals surface area (Å²) in [5.41, 5.74) is 2.79. The molecular formula is C20H29BO4. The van der Waals surface area contributed by atoms with Gasteiger partial charge in [-0.05, 0) is 70.0 Å². The molecule has 1 aliphatic carbocycles. The van der Waals surface area contributed by atoms with Crippen LogP contribution >= 0.6 is 0 Å².